The monoisotopic (exact) mass is 189 g/mol. The average Bonchev–Trinajstić information content (AvgIpc) is 2.01. The van der Waals surface area contributed by atoms with Crippen LogP contribution in [0.5, 0.6) is 0 Å². The van der Waals surface area contributed by atoms with Crippen molar-refractivity contribution in [2.45, 2.75) is 19.1 Å². The van der Waals surface area contributed by atoms with Gasteiger partial charge < -0.3 is 10.1 Å². The van der Waals surface area contributed by atoms with Crippen LogP contribution in [-0.2, 0) is 9.59 Å². The number of thioether (sulfide) groups is 1. The van der Waals surface area contributed by atoms with E-state index in [0.717, 1.165) is 0 Å². The number of hydrogen-bond donors (Lipinski definition) is 1. The topological polar surface area (TPSA) is 46.2 Å². The SMILES string of the molecule is CSC(C(=O)NCC=O)C(C)C. The first-order chi connectivity index (χ1) is 5.63. The van der Waals surface area contributed by atoms with Gasteiger partial charge in [-0.15, -0.1) is 0 Å². The summed E-state index contributed by atoms with van der Waals surface area (Å²) >= 11 is 1.51. The molecular formula is C8H15NO2S. The van der Waals surface area contributed by atoms with Crippen molar-refractivity contribution in [1.82, 2.24) is 5.32 Å². The van der Waals surface area contributed by atoms with Crippen molar-refractivity contribution >= 4 is 24.0 Å². The Labute approximate surface area is 77.3 Å². The molecule has 0 aromatic heterocycles. The molecule has 1 atom stereocenters. The Morgan fingerprint density at radius 1 is 1.58 bits per heavy atom. The fraction of sp³-hybridized carbons (Fsp3) is 0.750. The number of carbonyl (C=O) groups excluding carboxylic acids is 2. The average molecular weight is 189 g/mol. The smallest absolute Gasteiger partial charge is 0.233 e. The van der Waals surface area contributed by atoms with E-state index in [-0.39, 0.29) is 17.7 Å². The maximum absolute atomic E-state index is 11.3. The van der Waals surface area contributed by atoms with Gasteiger partial charge in [-0.05, 0) is 12.2 Å². The van der Waals surface area contributed by atoms with Crippen molar-refractivity contribution in [2.24, 2.45) is 5.92 Å². The van der Waals surface area contributed by atoms with Crippen LogP contribution in [0, 0.1) is 5.92 Å². The van der Waals surface area contributed by atoms with Gasteiger partial charge in [0.25, 0.3) is 0 Å². The van der Waals surface area contributed by atoms with E-state index in [1.165, 1.54) is 11.8 Å². The molecule has 0 radical (unpaired) electrons. The number of rotatable bonds is 5. The highest BCUT2D eigenvalue weighted by Crippen LogP contribution is 2.16. The van der Waals surface area contributed by atoms with Crippen LogP contribution in [-0.4, -0.2) is 30.2 Å². The Morgan fingerprint density at radius 3 is 2.50 bits per heavy atom. The van der Waals surface area contributed by atoms with Crippen molar-refractivity contribution in [1.29, 1.82) is 0 Å². The molecule has 0 aromatic carbocycles. The van der Waals surface area contributed by atoms with Crippen LogP contribution in [0.25, 0.3) is 0 Å². The minimum absolute atomic E-state index is 0.0510. The van der Waals surface area contributed by atoms with Crippen molar-refractivity contribution in [3.63, 3.8) is 0 Å². The lowest BCUT2D eigenvalue weighted by Gasteiger charge is -2.16. The van der Waals surface area contributed by atoms with E-state index >= 15 is 0 Å². The minimum atomic E-state index is -0.0513. The molecule has 0 aliphatic rings. The highest BCUT2D eigenvalue weighted by molar-refractivity contribution is 7.99. The Morgan fingerprint density at radius 2 is 2.17 bits per heavy atom. The van der Waals surface area contributed by atoms with Gasteiger partial charge in [-0.1, -0.05) is 13.8 Å². The molecule has 0 saturated carbocycles. The van der Waals surface area contributed by atoms with E-state index in [2.05, 4.69) is 5.32 Å². The van der Waals surface area contributed by atoms with Gasteiger partial charge in [0.05, 0.1) is 11.8 Å². The van der Waals surface area contributed by atoms with Crippen LogP contribution >= 0.6 is 11.8 Å². The fourth-order valence-electron chi connectivity index (χ4n) is 0.925. The maximum atomic E-state index is 11.3. The van der Waals surface area contributed by atoms with E-state index in [0.29, 0.717) is 12.2 Å². The van der Waals surface area contributed by atoms with Gasteiger partial charge in [0.1, 0.15) is 6.29 Å². The molecule has 0 spiro atoms. The predicted octanol–water partition coefficient (Wildman–Crippen LogP) is 0.689. The summed E-state index contributed by atoms with van der Waals surface area (Å²) in [6, 6.07) is 0. The number of carbonyl (C=O) groups is 2. The second-order valence-corrected chi connectivity index (χ2v) is 3.79. The summed E-state index contributed by atoms with van der Waals surface area (Å²) in [6.07, 6.45) is 2.58. The molecular weight excluding hydrogens is 174 g/mol. The molecule has 1 amide bonds. The quantitative estimate of drug-likeness (QED) is 0.647. The zero-order valence-electron chi connectivity index (χ0n) is 7.66. The third-order valence-electron chi connectivity index (χ3n) is 1.48. The fourth-order valence-corrected chi connectivity index (χ4v) is 1.77. The van der Waals surface area contributed by atoms with E-state index in [1.807, 2.05) is 20.1 Å². The summed E-state index contributed by atoms with van der Waals surface area (Å²) < 4.78 is 0. The second kappa shape index (κ2) is 6.06. The highest BCUT2D eigenvalue weighted by atomic mass is 32.2. The molecule has 0 bridgehead atoms. The number of nitrogens with one attached hydrogen (secondary N) is 1. The summed E-state index contributed by atoms with van der Waals surface area (Å²) in [6.45, 7) is 4.09. The Bertz CT molecular complexity index is 159. The van der Waals surface area contributed by atoms with E-state index in [9.17, 15) is 9.59 Å². The van der Waals surface area contributed by atoms with E-state index in [1.54, 1.807) is 0 Å². The van der Waals surface area contributed by atoms with Gasteiger partial charge >= 0.3 is 0 Å². The molecule has 1 unspecified atom stereocenters. The molecule has 70 valence electrons. The van der Waals surface area contributed by atoms with Gasteiger partial charge in [-0.3, -0.25) is 4.79 Å². The first-order valence-electron chi connectivity index (χ1n) is 3.87. The van der Waals surface area contributed by atoms with Crippen LogP contribution < -0.4 is 5.32 Å². The van der Waals surface area contributed by atoms with Gasteiger partial charge in [0.15, 0.2) is 0 Å². The van der Waals surface area contributed by atoms with Crippen LogP contribution in [0.15, 0.2) is 0 Å². The first-order valence-corrected chi connectivity index (χ1v) is 5.16. The van der Waals surface area contributed by atoms with Crippen molar-refractivity contribution in [2.75, 3.05) is 12.8 Å². The second-order valence-electron chi connectivity index (χ2n) is 2.81. The normalized spacial score (nSPS) is 12.7. The van der Waals surface area contributed by atoms with Crippen molar-refractivity contribution in [3.05, 3.63) is 0 Å². The molecule has 0 aromatic rings. The number of aldehydes is 1. The Hall–Kier alpha value is -0.510. The largest absolute Gasteiger partial charge is 0.348 e. The molecule has 0 fully saturated rings. The molecule has 0 saturated heterocycles. The van der Waals surface area contributed by atoms with Crippen LogP contribution in [0.1, 0.15) is 13.8 Å². The predicted molar refractivity (Wildman–Crippen MR) is 51.2 cm³/mol. The molecule has 0 aliphatic heterocycles. The van der Waals surface area contributed by atoms with E-state index in [4.69, 9.17) is 0 Å². The molecule has 0 rings (SSSR count). The highest BCUT2D eigenvalue weighted by Gasteiger charge is 2.19. The molecule has 0 aliphatic carbocycles. The van der Waals surface area contributed by atoms with Crippen molar-refractivity contribution < 1.29 is 9.59 Å². The van der Waals surface area contributed by atoms with Crippen LogP contribution in [0.3, 0.4) is 0 Å². The number of hydrogen-bond acceptors (Lipinski definition) is 3. The third-order valence-corrected chi connectivity index (χ3v) is 2.74. The van der Waals surface area contributed by atoms with Gasteiger partial charge in [-0.25, -0.2) is 0 Å². The number of amides is 1. The standard InChI is InChI=1S/C8H15NO2S/c1-6(2)7(12-3)8(11)9-4-5-10/h5-7H,4H2,1-3H3,(H,9,11). The van der Waals surface area contributed by atoms with Gasteiger partial charge in [0, 0.05) is 0 Å². The lowest BCUT2D eigenvalue weighted by atomic mass is 10.1. The lowest BCUT2D eigenvalue weighted by molar-refractivity contribution is -0.122. The van der Waals surface area contributed by atoms with Crippen LogP contribution in [0.2, 0.25) is 0 Å². The first kappa shape index (κ1) is 11.5. The maximum Gasteiger partial charge on any atom is 0.233 e. The molecule has 12 heavy (non-hydrogen) atoms. The Balaban J connectivity index is 3.94. The zero-order valence-corrected chi connectivity index (χ0v) is 8.48. The minimum Gasteiger partial charge on any atom is -0.348 e. The zero-order chi connectivity index (χ0) is 9.56. The summed E-state index contributed by atoms with van der Waals surface area (Å²) in [5.74, 6) is 0.247. The molecule has 1 N–H and O–H groups in total. The summed E-state index contributed by atoms with van der Waals surface area (Å²) in [7, 11) is 0. The summed E-state index contributed by atoms with van der Waals surface area (Å²) in [5.41, 5.74) is 0. The summed E-state index contributed by atoms with van der Waals surface area (Å²) in [4.78, 5) is 21.3. The molecule has 3 nitrogen and oxygen atoms in total. The Kier molecular flexibility index (Phi) is 5.80. The van der Waals surface area contributed by atoms with Crippen LogP contribution in [0.4, 0.5) is 0 Å². The molecule has 4 heteroatoms. The summed E-state index contributed by atoms with van der Waals surface area (Å²) in [5, 5.41) is 2.49. The third kappa shape index (κ3) is 3.76. The van der Waals surface area contributed by atoms with Gasteiger partial charge in [-0.2, -0.15) is 11.8 Å². The van der Waals surface area contributed by atoms with Gasteiger partial charge in [0.2, 0.25) is 5.91 Å². The van der Waals surface area contributed by atoms with Crippen molar-refractivity contribution in [3.8, 4) is 0 Å². The van der Waals surface area contributed by atoms with E-state index < -0.39 is 0 Å². The molecule has 0 heterocycles. The lowest BCUT2D eigenvalue weighted by Crippen LogP contribution is -2.36.